The van der Waals surface area contributed by atoms with Crippen LogP contribution in [-0.4, -0.2) is 92.2 Å². The molecule has 1 rings (SSSR count). The molecule has 0 saturated carbocycles. The van der Waals surface area contributed by atoms with Crippen LogP contribution < -0.4 is 49.5 Å². The van der Waals surface area contributed by atoms with Crippen LogP contribution in [0, 0.1) is 0 Å². The molecule has 1 aromatic rings. The summed E-state index contributed by atoms with van der Waals surface area (Å²) in [6, 6.07) is 4.61. The van der Waals surface area contributed by atoms with Gasteiger partial charge < -0.3 is 54.3 Å². The minimum absolute atomic E-state index is 0.0808. The van der Waals surface area contributed by atoms with Gasteiger partial charge in [-0.25, -0.2) is 0 Å². The molecule has 0 aliphatic heterocycles. The van der Waals surface area contributed by atoms with E-state index in [1.807, 2.05) is 30.3 Å². The smallest absolute Gasteiger partial charge is 0.243 e. The van der Waals surface area contributed by atoms with Crippen molar-refractivity contribution < 1.29 is 24.0 Å². The maximum absolute atomic E-state index is 13.2. The van der Waals surface area contributed by atoms with Gasteiger partial charge in [-0.15, -0.1) is 0 Å². The number of aldehydes is 1. The van der Waals surface area contributed by atoms with Crippen molar-refractivity contribution in [1.82, 2.24) is 26.6 Å². The zero-order valence-corrected chi connectivity index (χ0v) is 25.5. The van der Waals surface area contributed by atoms with Crippen molar-refractivity contribution in [1.29, 1.82) is 0 Å². The lowest BCUT2D eigenvalue weighted by molar-refractivity contribution is -0.134. The highest BCUT2D eigenvalue weighted by molar-refractivity contribution is 5.95. The van der Waals surface area contributed by atoms with E-state index in [0.29, 0.717) is 19.1 Å². The molecule has 0 fully saturated rings. The first-order valence-electron chi connectivity index (χ1n) is 14.4. The molecular weight excluding hydrogens is 570 g/mol. The number of likely N-dealkylation sites (N-methyl/N-ethyl adjacent to an activating group) is 1. The van der Waals surface area contributed by atoms with Crippen LogP contribution in [0.2, 0.25) is 0 Å². The Labute approximate surface area is 257 Å². The number of carbonyl (C=O) groups is 5. The number of carbonyl (C=O) groups excluding carboxylic acids is 5. The summed E-state index contributed by atoms with van der Waals surface area (Å²) >= 11 is 0. The Kier molecular flexibility index (Phi) is 17.1. The molecule has 0 heterocycles. The summed E-state index contributed by atoms with van der Waals surface area (Å²) in [5.41, 5.74) is 22.2. The fourth-order valence-electron chi connectivity index (χ4n) is 3.91. The largest absolute Gasteiger partial charge is 0.370 e. The normalized spacial score (nSPS) is 14.0. The molecular formula is C28H47N11O5. The quantitative estimate of drug-likeness (QED) is 0.0311. The van der Waals surface area contributed by atoms with E-state index in [2.05, 4.69) is 36.6 Å². The summed E-state index contributed by atoms with van der Waals surface area (Å²) < 4.78 is 0. The van der Waals surface area contributed by atoms with Gasteiger partial charge in [0.1, 0.15) is 24.4 Å². The van der Waals surface area contributed by atoms with Gasteiger partial charge in [0.05, 0.1) is 12.1 Å². The number of aliphatic imine (C=N–C) groups is 2. The van der Waals surface area contributed by atoms with Crippen LogP contribution >= 0.6 is 0 Å². The molecule has 1 aromatic carbocycles. The van der Waals surface area contributed by atoms with Crippen molar-refractivity contribution >= 4 is 41.8 Å². The molecule has 13 N–H and O–H groups in total. The molecule has 16 nitrogen and oxygen atoms in total. The van der Waals surface area contributed by atoms with E-state index in [0.717, 1.165) is 5.56 Å². The van der Waals surface area contributed by atoms with Crippen LogP contribution in [0.5, 0.6) is 0 Å². The number of hydrogen-bond acceptors (Lipinski definition) is 8. The summed E-state index contributed by atoms with van der Waals surface area (Å²) in [6.07, 6.45) is 1.96. The van der Waals surface area contributed by atoms with Crippen LogP contribution in [0.15, 0.2) is 40.3 Å². The molecule has 4 amide bonds. The summed E-state index contributed by atoms with van der Waals surface area (Å²) in [4.78, 5) is 71.4. The summed E-state index contributed by atoms with van der Waals surface area (Å²) in [7, 11) is 1.62. The lowest BCUT2D eigenvalue weighted by Gasteiger charge is -2.25. The summed E-state index contributed by atoms with van der Waals surface area (Å²) in [6.45, 7) is 3.59. The molecule has 2 unspecified atom stereocenters. The molecule has 0 radical (unpaired) electrons. The van der Waals surface area contributed by atoms with E-state index >= 15 is 0 Å². The molecule has 0 saturated heterocycles. The van der Waals surface area contributed by atoms with Gasteiger partial charge in [-0.1, -0.05) is 30.3 Å². The number of rotatable bonds is 20. The zero-order chi connectivity index (χ0) is 33.1. The fraction of sp³-hybridized carbons (Fsp3) is 0.536. The lowest BCUT2D eigenvalue weighted by atomic mass is 10.0. The molecule has 0 bridgehead atoms. The molecule has 5 atom stereocenters. The fourth-order valence-corrected chi connectivity index (χ4v) is 3.91. The van der Waals surface area contributed by atoms with E-state index in [1.54, 1.807) is 14.0 Å². The van der Waals surface area contributed by atoms with Gasteiger partial charge in [-0.3, -0.25) is 29.2 Å². The highest BCUT2D eigenvalue weighted by Crippen LogP contribution is 2.06. The first-order chi connectivity index (χ1) is 20.9. The van der Waals surface area contributed by atoms with E-state index in [-0.39, 0.29) is 50.2 Å². The van der Waals surface area contributed by atoms with Crippen molar-refractivity contribution in [3.05, 3.63) is 35.9 Å². The molecule has 44 heavy (non-hydrogen) atoms. The van der Waals surface area contributed by atoms with Crippen LogP contribution in [-0.2, 0) is 30.4 Å². The maximum Gasteiger partial charge on any atom is 0.243 e. The summed E-state index contributed by atoms with van der Waals surface area (Å²) in [5.74, 6) is -2.41. The maximum atomic E-state index is 13.2. The Bertz CT molecular complexity index is 1140. The molecule has 0 spiro atoms. The van der Waals surface area contributed by atoms with E-state index in [9.17, 15) is 24.0 Å². The number of nitrogens with two attached hydrogens (primary N) is 4. The number of amides is 4. The lowest BCUT2D eigenvalue weighted by Crippen LogP contribution is -2.57. The molecule has 0 aliphatic carbocycles. The molecule has 0 aliphatic rings. The standard InChI is InChI=1S/C28H47N11O5/c1-17(33-3)23(41)39-22(15-19-9-5-4-6-10-19)26(44)36-18(2)24(42)38-21(12-8-14-35-28(31)32)25(43)37-20(16-40)11-7-13-34-27(29)30/h4-6,9-10,16-18,20-22,33H,7-8,11-15H2,1-3H3,(H,36,44)(H,37,43)(H,38,42)(H,39,41)(H4,29,30,34)(H4,31,32,35)/t17?,18?,20-,21-,22-/m0/s1. The zero-order valence-electron chi connectivity index (χ0n) is 25.5. The molecule has 16 heteroatoms. The topological polar surface area (TPSA) is 274 Å². The van der Waals surface area contributed by atoms with Gasteiger partial charge in [0, 0.05) is 19.5 Å². The van der Waals surface area contributed by atoms with Gasteiger partial charge in [-0.05, 0) is 52.1 Å². The van der Waals surface area contributed by atoms with Crippen molar-refractivity contribution in [3.63, 3.8) is 0 Å². The van der Waals surface area contributed by atoms with Gasteiger partial charge >= 0.3 is 0 Å². The van der Waals surface area contributed by atoms with Gasteiger partial charge in [0.2, 0.25) is 23.6 Å². The van der Waals surface area contributed by atoms with Gasteiger partial charge in [0.25, 0.3) is 0 Å². The van der Waals surface area contributed by atoms with Crippen molar-refractivity contribution in [2.75, 3.05) is 20.1 Å². The molecule has 244 valence electrons. The second kappa shape index (κ2) is 20.2. The third-order valence-corrected chi connectivity index (χ3v) is 6.53. The molecule has 0 aromatic heterocycles. The average molecular weight is 618 g/mol. The monoisotopic (exact) mass is 617 g/mol. The predicted octanol–water partition coefficient (Wildman–Crippen LogP) is -2.90. The first kappa shape index (κ1) is 37.3. The van der Waals surface area contributed by atoms with E-state index in [4.69, 9.17) is 22.9 Å². The minimum Gasteiger partial charge on any atom is -0.370 e. The average Bonchev–Trinajstić information content (AvgIpc) is 2.99. The third kappa shape index (κ3) is 14.9. The van der Waals surface area contributed by atoms with E-state index in [1.165, 1.54) is 6.92 Å². The number of guanidine groups is 2. The Morgan fingerprint density at radius 2 is 1.25 bits per heavy atom. The highest BCUT2D eigenvalue weighted by atomic mass is 16.2. The number of nitrogens with one attached hydrogen (secondary N) is 5. The summed E-state index contributed by atoms with van der Waals surface area (Å²) in [5, 5.41) is 13.4. The Balaban J connectivity index is 2.97. The Morgan fingerprint density at radius 1 is 0.727 bits per heavy atom. The van der Waals surface area contributed by atoms with Crippen molar-refractivity contribution in [2.45, 2.75) is 76.2 Å². The SMILES string of the molecule is CNC(C)C(=O)N[C@@H](Cc1ccccc1)C(=O)NC(C)C(=O)N[C@@H](CCCN=C(N)N)C(=O)N[C@H](C=O)CCCN=C(N)N. The first-order valence-corrected chi connectivity index (χ1v) is 14.4. The number of benzene rings is 1. The van der Waals surface area contributed by atoms with Crippen LogP contribution in [0.1, 0.15) is 45.1 Å². The number of nitrogens with zero attached hydrogens (tertiary/aromatic N) is 2. The van der Waals surface area contributed by atoms with Crippen molar-refractivity contribution in [2.24, 2.45) is 32.9 Å². The van der Waals surface area contributed by atoms with Crippen LogP contribution in [0.25, 0.3) is 0 Å². The minimum atomic E-state index is -1.08. The second-order valence-corrected chi connectivity index (χ2v) is 10.2. The van der Waals surface area contributed by atoms with Crippen LogP contribution in [0.3, 0.4) is 0 Å². The second-order valence-electron chi connectivity index (χ2n) is 10.2. The number of hydrogen-bond donors (Lipinski definition) is 9. The van der Waals surface area contributed by atoms with E-state index < -0.39 is 47.9 Å². The highest BCUT2D eigenvalue weighted by Gasteiger charge is 2.29. The Morgan fingerprint density at radius 3 is 1.80 bits per heavy atom. The van der Waals surface area contributed by atoms with Gasteiger partial charge in [0.15, 0.2) is 11.9 Å². The van der Waals surface area contributed by atoms with Crippen LogP contribution in [0.4, 0.5) is 0 Å². The Hall–Kier alpha value is -4.73. The predicted molar refractivity (Wildman–Crippen MR) is 168 cm³/mol. The van der Waals surface area contributed by atoms with Crippen molar-refractivity contribution in [3.8, 4) is 0 Å². The third-order valence-electron chi connectivity index (χ3n) is 6.53. The van der Waals surface area contributed by atoms with Gasteiger partial charge in [-0.2, -0.15) is 0 Å².